The Morgan fingerprint density at radius 2 is 1.88 bits per heavy atom. The number of hydrogen-bond donors (Lipinski definition) is 1. The van der Waals surface area contributed by atoms with Crippen LogP contribution in [0.25, 0.3) is 0 Å². The molecule has 0 aliphatic carbocycles. The number of allylic oxidation sites excluding steroid dienone is 1. The highest BCUT2D eigenvalue weighted by Crippen LogP contribution is 2.44. The summed E-state index contributed by atoms with van der Waals surface area (Å²) in [6.45, 7) is 2.47. The fourth-order valence-electron chi connectivity index (χ4n) is 0.866. The normalized spacial score (nSPS) is 14.1. The maximum Gasteiger partial charge on any atom is 0.425 e. The van der Waals surface area contributed by atoms with Crippen LogP contribution in [0.3, 0.4) is 0 Å². The summed E-state index contributed by atoms with van der Waals surface area (Å²) in [4.78, 5) is 10.9. The summed E-state index contributed by atoms with van der Waals surface area (Å²) >= 11 is 10.4. The first-order chi connectivity index (χ1) is 7.52. The van der Waals surface area contributed by atoms with Crippen LogP contribution in [0.1, 0.15) is 13.8 Å². The minimum atomic E-state index is -4.94. The predicted molar refractivity (Wildman–Crippen MR) is 58.9 cm³/mol. The molecular weight excluding hydrogens is 284 g/mol. The lowest BCUT2D eigenvalue weighted by Gasteiger charge is -2.29. The fourth-order valence-corrected chi connectivity index (χ4v) is 1.08. The maximum absolute atomic E-state index is 12.6. The second-order valence-corrected chi connectivity index (χ2v) is 4.87. The molecule has 0 aliphatic heterocycles. The van der Waals surface area contributed by atoms with Gasteiger partial charge in [0.15, 0.2) is 6.10 Å². The van der Waals surface area contributed by atoms with Crippen molar-refractivity contribution in [1.29, 1.82) is 0 Å². The van der Waals surface area contributed by atoms with Crippen LogP contribution in [0.5, 0.6) is 0 Å². The lowest BCUT2D eigenvalue weighted by Crippen LogP contribution is -2.47. The van der Waals surface area contributed by atoms with E-state index >= 15 is 0 Å². The van der Waals surface area contributed by atoms with Crippen molar-refractivity contribution < 1.29 is 22.7 Å². The Labute approximate surface area is 107 Å². The summed E-state index contributed by atoms with van der Waals surface area (Å²) in [5, 5.41) is 0. The molecule has 0 spiro atoms. The van der Waals surface area contributed by atoms with Crippen LogP contribution < -0.4 is 5.73 Å². The van der Waals surface area contributed by atoms with Crippen molar-refractivity contribution in [2.75, 3.05) is 6.54 Å². The molecular formula is C9H12Cl2F3NO2. The molecule has 0 amide bonds. The van der Waals surface area contributed by atoms with E-state index in [9.17, 15) is 18.0 Å². The third-order valence-electron chi connectivity index (χ3n) is 1.65. The van der Waals surface area contributed by atoms with E-state index in [0.29, 0.717) is 5.57 Å². The van der Waals surface area contributed by atoms with Crippen LogP contribution >= 0.6 is 23.2 Å². The van der Waals surface area contributed by atoms with E-state index < -0.39 is 29.1 Å². The van der Waals surface area contributed by atoms with E-state index in [0.717, 1.165) is 6.08 Å². The van der Waals surface area contributed by atoms with Crippen LogP contribution in [0.4, 0.5) is 13.2 Å². The largest absolute Gasteiger partial charge is 0.454 e. The summed E-state index contributed by atoms with van der Waals surface area (Å²) in [5.74, 6) is -1.03. The molecule has 1 atom stereocenters. The van der Waals surface area contributed by atoms with E-state index in [1.165, 1.54) is 13.8 Å². The van der Waals surface area contributed by atoms with E-state index in [1.54, 1.807) is 0 Å². The molecule has 1 unspecified atom stereocenters. The number of nitrogens with two attached hydrogens (primary N) is 1. The standard InChI is InChI=1S/C9H12Cl2F3NO2/c1-5(2)3-6(17-7(16)4-15)8(10,11)9(12,13)14/h3,6H,4,15H2,1-2H3/i4+2. The van der Waals surface area contributed by atoms with Crippen LogP contribution in [0.15, 0.2) is 11.6 Å². The van der Waals surface area contributed by atoms with Gasteiger partial charge in [-0.1, -0.05) is 28.8 Å². The molecule has 0 aromatic heterocycles. The molecule has 0 aromatic carbocycles. The molecule has 17 heavy (non-hydrogen) atoms. The van der Waals surface area contributed by atoms with Crippen LogP contribution in [-0.4, -0.2) is 29.1 Å². The van der Waals surface area contributed by atoms with Gasteiger partial charge in [0.1, 0.15) is 0 Å². The molecule has 100 valence electrons. The number of carbonyl (C=O) groups is 1. The molecule has 8 heteroatoms. The van der Waals surface area contributed by atoms with Gasteiger partial charge in [-0.15, -0.1) is 0 Å². The van der Waals surface area contributed by atoms with Gasteiger partial charge in [-0.3, -0.25) is 4.79 Å². The summed E-state index contributed by atoms with van der Waals surface area (Å²) in [6.07, 6.45) is -5.77. The minimum Gasteiger partial charge on any atom is -0.454 e. The number of rotatable bonds is 4. The van der Waals surface area contributed by atoms with Gasteiger partial charge in [-0.2, -0.15) is 13.2 Å². The molecule has 0 aliphatic rings. The monoisotopic (exact) mass is 295 g/mol. The van der Waals surface area contributed by atoms with Crippen molar-refractivity contribution in [2.24, 2.45) is 5.73 Å². The summed E-state index contributed by atoms with van der Waals surface area (Å²) in [5.41, 5.74) is 5.41. The maximum atomic E-state index is 12.6. The van der Waals surface area contributed by atoms with E-state index in [1.807, 2.05) is 0 Å². The number of halogens is 5. The highest BCUT2D eigenvalue weighted by Gasteiger charge is 2.58. The smallest absolute Gasteiger partial charge is 0.425 e. The van der Waals surface area contributed by atoms with Gasteiger partial charge in [0.05, 0.1) is 6.54 Å². The van der Waals surface area contributed by atoms with Crippen molar-refractivity contribution in [1.82, 2.24) is 0 Å². The molecule has 0 rings (SSSR count). The quantitative estimate of drug-likeness (QED) is 0.493. The van der Waals surface area contributed by atoms with E-state index in [4.69, 9.17) is 28.9 Å². The zero-order chi connectivity index (χ0) is 13.9. The first kappa shape index (κ1) is 16.5. The Morgan fingerprint density at radius 3 is 2.18 bits per heavy atom. The lowest BCUT2D eigenvalue weighted by atomic mass is 10.1. The number of ether oxygens (including phenoxy) is 1. The van der Waals surface area contributed by atoms with Gasteiger partial charge in [0.2, 0.25) is 0 Å². The SMILES string of the molecule is CC(C)=CC(OC(=O)[14CH2]N)C(Cl)(Cl)C(F)(F)F. The Kier molecular flexibility index (Phi) is 5.77. The average molecular weight is 296 g/mol. The van der Waals surface area contributed by atoms with Crippen molar-refractivity contribution in [3.8, 4) is 0 Å². The van der Waals surface area contributed by atoms with Crippen LogP contribution in [0.2, 0.25) is 0 Å². The Bertz CT molecular complexity index is 312. The van der Waals surface area contributed by atoms with Gasteiger partial charge in [-0.05, 0) is 19.9 Å². The Morgan fingerprint density at radius 1 is 1.41 bits per heavy atom. The molecule has 3 nitrogen and oxygen atoms in total. The second kappa shape index (κ2) is 5.93. The third kappa shape index (κ3) is 4.73. The van der Waals surface area contributed by atoms with E-state index in [-0.39, 0.29) is 0 Å². The number of esters is 1. The summed E-state index contributed by atoms with van der Waals surface area (Å²) in [7, 11) is 0. The molecule has 0 heterocycles. The van der Waals surface area contributed by atoms with Crippen molar-refractivity contribution >= 4 is 29.2 Å². The highest BCUT2D eigenvalue weighted by molar-refractivity contribution is 6.49. The van der Waals surface area contributed by atoms with Gasteiger partial charge >= 0.3 is 12.1 Å². The van der Waals surface area contributed by atoms with Crippen LogP contribution in [0, 0.1) is 0 Å². The van der Waals surface area contributed by atoms with Gasteiger partial charge in [0.25, 0.3) is 4.33 Å². The summed E-state index contributed by atoms with van der Waals surface area (Å²) in [6, 6.07) is 0. The van der Waals surface area contributed by atoms with Gasteiger partial charge in [0, 0.05) is 0 Å². The highest BCUT2D eigenvalue weighted by atomic mass is 35.5. The topological polar surface area (TPSA) is 52.3 Å². The first-order valence-electron chi connectivity index (χ1n) is 4.51. The van der Waals surface area contributed by atoms with Gasteiger partial charge < -0.3 is 10.5 Å². The minimum absolute atomic E-state index is 0.467. The number of hydrogen-bond acceptors (Lipinski definition) is 3. The fraction of sp³-hybridized carbons (Fsp3) is 0.667. The zero-order valence-corrected chi connectivity index (χ0v) is 10.7. The lowest BCUT2D eigenvalue weighted by molar-refractivity contribution is -0.171. The van der Waals surface area contributed by atoms with Crippen LogP contribution in [-0.2, 0) is 9.53 Å². The molecule has 0 bridgehead atoms. The predicted octanol–water partition coefficient (Wildman–Crippen LogP) is 2.56. The van der Waals surface area contributed by atoms with Crippen molar-refractivity contribution in [3.63, 3.8) is 0 Å². The van der Waals surface area contributed by atoms with Crippen molar-refractivity contribution in [3.05, 3.63) is 11.6 Å². The average Bonchev–Trinajstić information content (AvgIpc) is 2.13. The Balaban J connectivity index is 5.19. The second-order valence-electron chi connectivity index (χ2n) is 3.48. The number of alkyl halides is 5. The molecule has 2 N–H and O–H groups in total. The molecule has 0 aromatic rings. The molecule has 0 radical (unpaired) electrons. The first-order valence-corrected chi connectivity index (χ1v) is 5.27. The zero-order valence-electron chi connectivity index (χ0n) is 9.15. The Hall–Kier alpha value is -0.460. The van der Waals surface area contributed by atoms with Gasteiger partial charge in [-0.25, -0.2) is 0 Å². The van der Waals surface area contributed by atoms with Crippen molar-refractivity contribution in [2.45, 2.75) is 30.5 Å². The molecule has 0 saturated heterocycles. The van der Waals surface area contributed by atoms with E-state index in [2.05, 4.69) is 4.74 Å². The molecule has 0 fully saturated rings. The number of carbonyl (C=O) groups excluding carboxylic acids is 1. The summed E-state index contributed by atoms with van der Waals surface area (Å²) < 4.78 is 39.0. The third-order valence-corrected chi connectivity index (χ3v) is 2.50. The molecule has 0 saturated carbocycles.